The maximum atomic E-state index is 13.2. The summed E-state index contributed by atoms with van der Waals surface area (Å²) in [7, 11) is 1.34. The number of ether oxygens (including phenoxy) is 2. The molecule has 1 aliphatic rings. The van der Waals surface area contributed by atoms with Gasteiger partial charge in [-0.05, 0) is 67.6 Å². The van der Waals surface area contributed by atoms with E-state index in [0.717, 1.165) is 16.7 Å². The number of hydrogen-bond donors (Lipinski definition) is 1. The number of fused-ring (bicyclic) bond motifs is 1. The molecule has 7 heteroatoms. The van der Waals surface area contributed by atoms with Crippen LogP contribution >= 0.6 is 0 Å². The number of methoxy groups -OCH3 is 1. The highest BCUT2D eigenvalue weighted by Gasteiger charge is 2.36. The molecule has 1 atom stereocenters. The van der Waals surface area contributed by atoms with Crippen LogP contribution in [0.3, 0.4) is 0 Å². The van der Waals surface area contributed by atoms with Gasteiger partial charge in [-0.15, -0.1) is 0 Å². The largest absolute Gasteiger partial charge is 0.465 e. The number of nitrogens with zero attached hydrogens (tertiary/aromatic N) is 2. The lowest BCUT2D eigenvalue weighted by atomic mass is 9.95. The average molecular weight is 474 g/mol. The van der Waals surface area contributed by atoms with Crippen molar-refractivity contribution in [3.63, 3.8) is 0 Å². The van der Waals surface area contributed by atoms with Gasteiger partial charge < -0.3 is 14.8 Å². The lowest BCUT2D eigenvalue weighted by molar-refractivity contribution is 0.0182. The minimum atomic E-state index is -0.614. The molecule has 2 aromatic carbocycles. The third-order valence-electron chi connectivity index (χ3n) is 6.02. The summed E-state index contributed by atoms with van der Waals surface area (Å²) in [5.74, 6) is -0.450. The number of aryl methyl sites for hydroxylation is 1. The fraction of sp³-hybridized carbons (Fsp3) is 0.321. The molecular formula is C28H31N3O4. The third-order valence-corrected chi connectivity index (χ3v) is 6.02. The number of aromatic nitrogens is 1. The Morgan fingerprint density at radius 3 is 2.63 bits per heavy atom. The summed E-state index contributed by atoms with van der Waals surface area (Å²) in [5, 5.41) is 3.30. The number of carbonyl (C=O) groups excluding carboxylic acids is 2. The molecule has 3 aromatic rings. The van der Waals surface area contributed by atoms with Crippen molar-refractivity contribution in [3.05, 3.63) is 83.2 Å². The molecular weight excluding hydrogens is 442 g/mol. The van der Waals surface area contributed by atoms with E-state index in [1.165, 1.54) is 18.2 Å². The normalized spacial score (nSPS) is 14.9. The van der Waals surface area contributed by atoms with Crippen LogP contribution in [-0.2, 0) is 16.0 Å². The van der Waals surface area contributed by atoms with Gasteiger partial charge in [0.2, 0.25) is 0 Å². The minimum absolute atomic E-state index is 0.281. The second kappa shape index (κ2) is 9.78. The van der Waals surface area contributed by atoms with Crippen LogP contribution < -0.4 is 5.32 Å². The van der Waals surface area contributed by atoms with Crippen molar-refractivity contribution in [2.24, 2.45) is 0 Å². The molecule has 0 saturated carbocycles. The summed E-state index contributed by atoms with van der Waals surface area (Å²) >= 11 is 0. The highest BCUT2D eigenvalue weighted by Crippen LogP contribution is 2.38. The second-order valence-corrected chi connectivity index (χ2v) is 9.65. The Morgan fingerprint density at radius 2 is 1.91 bits per heavy atom. The number of pyridine rings is 1. The number of amides is 1. The number of rotatable bonds is 5. The molecule has 4 rings (SSSR count). The van der Waals surface area contributed by atoms with Gasteiger partial charge in [0.05, 0.1) is 37.1 Å². The average Bonchev–Trinajstić information content (AvgIpc) is 3.19. The first-order valence-electron chi connectivity index (χ1n) is 11.6. The Bertz CT molecular complexity index is 1250. The maximum Gasteiger partial charge on any atom is 0.411 e. The number of hydrogen-bond acceptors (Lipinski definition) is 6. The monoisotopic (exact) mass is 473 g/mol. The van der Waals surface area contributed by atoms with E-state index in [9.17, 15) is 9.59 Å². The predicted octanol–water partition coefficient (Wildman–Crippen LogP) is 5.75. The van der Waals surface area contributed by atoms with E-state index in [0.29, 0.717) is 24.3 Å². The summed E-state index contributed by atoms with van der Waals surface area (Å²) in [5.41, 5.74) is 5.91. The van der Waals surface area contributed by atoms with E-state index in [1.54, 1.807) is 23.4 Å². The van der Waals surface area contributed by atoms with E-state index in [2.05, 4.69) is 47.6 Å². The molecule has 1 aliphatic heterocycles. The fourth-order valence-electron chi connectivity index (χ4n) is 4.36. The highest BCUT2D eigenvalue weighted by atomic mass is 16.6. The molecule has 2 heterocycles. The smallest absolute Gasteiger partial charge is 0.411 e. The molecule has 0 unspecified atom stereocenters. The van der Waals surface area contributed by atoms with Gasteiger partial charge in [0.25, 0.3) is 0 Å². The van der Waals surface area contributed by atoms with Gasteiger partial charge in [0.15, 0.2) is 0 Å². The van der Waals surface area contributed by atoms with Crippen LogP contribution in [0, 0.1) is 6.92 Å². The molecule has 35 heavy (non-hydrogen) atoms. The van der Waals surface area contributed by atoms with Crippen LogP contribution in [0.2, 0.25) is 0 Å². The Kier molecular flexibility index (Phi) is 6.78. The molecule has 0 saturated heterocycles. The Labute approximate surface area is 206 Å². The molecule has 1 amide bonds. The molecule has 0 fully saturated rings. The number of anilines is 1. The van der Waals surface area contributed by atoms with Crippen LogP contribution in [0.1, 0.15) is 53.9 Å². The van der Waals surface area contributed by atoms with Gasteiger partial charge in [0, 0.05) is 12.7 Å². The van der Waals surface area contributed by atoms with Gasteiger partial charge in [-0.2, -0.15) is 0 Å². The quantitative estimate of drug-likeness (QED) is 0.476. The van der Waals surface area contributed by atoms with Crippen LogP contribution in [0.15, 0.2) is 60.9 Å². The van der Waals surface area contributed by atoms with Gasteiger partial charge in [-0.1, -0.05) is 36.4 Å². The predicted molar refractivity (Wildman–Crippen MR) is 135 cm³/mol. The second-order valence-electron chi connectivity index (χ2n) is 9.65. The van der Waals surface area contributed by atoms with E-state index in [-0.39, 0.29) is 12.1 Å². The van der Waals surface area contributed by atoms with E-state index >= 15 is 0 Å². The zero-order valence-corrected chi connectivity index (χ0v) is 20.8. The number of esters is 1. The van der Waals surface area contributed by atoms with Crippen molar-refractivity contribution in [3.8, 4) is 11.1 Å². The summed E-state index contributed by atoms with van der Waals surface area (Å²) in [6.07, 6.45) is 2.75. The Balaban J connectivity index is 1.66. The summed E-state index contributed by atoms with van der Waals surface area (Å²) in [4.78, 5) is 31.2. The first-order valence-corrected chi connectivity index (χ1v) is 11.6. The van der Waals surface area contributed by atoms with Crippen LogP contribution in [-0.4, -0.2) is 41.2 Å². The number of nitrogens with one attached hydrogen (secondary N) is 1. The van der Waals surface area contributed by atoms with Crippen LogP contribution in [0.25, 0.3) is 11.1 Å². The SMILES string of the molecule is COC(=O)c1ccncc1NC[C@H]1c2ccc(-c3ccccc3C)cc2CN1C(=O)OC(C)(C)C. The molecule has 7 nitrogen and oxygen atoms in total. The van der Waals surface area contributed by atoms with E-state index in [4.69, 9.17) is 9.47 Å². The molecule has 182 valence electrons. The molecule has 0 spiro atoms. The Hall–Kier alpha value is -3.87. The molecule has 0 radical (unpaired) electrons. The number of benzene rings is 2. The highest BCUT2D eigenvalue weighted by molar-refractivity contribution is 5.95. The standard InChI is InChI=1S/C28H31N3O4/c1-18-8-6-7-9-21(18)19-10-11-22-20(14-19)17-31(27(33)35-28(2,3)4)25(22)16-30-24-15-29-13-12-23(24)26(32)34-5/h6-15,25,30H,16-17H2,1-5H3/t25-/m0/s1. The molecule has 0 bridgehead atoms. The lowest BCUT2D eigenvalue weighted by Crippen LogP contribution is -2.38. The summed E-state index contributed by atoms with van der Waals surface area (Å²) in [6, 6.07) is 15.9. The zero-order valence-electron chi connectivity index (χ0n) is 20.8. The molecule has 1 aromatic heterocycles. The fourth-order valence-corrected chi connectivity index (χ4v) is 4.36. The summed E-state index contributed by atoms with van der Waals surface area (Å²) in [6.45, 7) is 8.48. The molecule has 0 aliphatic carbocycles. The number of carbonyl (C=O) groups is 2. The van der Waals surface area contributed by atoms with Crippen LogP contribution in [0.5, 0.6) is 0 Å². The van der Waals surface area contributed by atoms with Crippen LogP contribution in [0.4, 0.5) is 10.5 Å². The van der Waals surface area contributed by atoms with Crippen molar-refractivity contribution in [2.45, 2.75) is 45.9 Å². The van der Waals surface area contributed by atoms with Crippen molar-refractivity contribution in [1.29, 1.82) is 0 Å². The Morgan fingerprint density at radius 1 is 1.14 bits per heavy atom. The first-order chi connectivity index (χ1) is 16.7. The molecule has 1 N–H and O–H groups in total. The topological polar surface area (TPSA) is 80.8 Å². The van der Waals surface area contributed by atoms with E-state index in [1.807, 2.05) is 32.9 Å². The minimum Gasteiger partial charge on any atom is -0.465 e. The van der Waals surface area contributed by atoms with Crippen molar-refractivity contribution >= 4 is 17.7 Å². The third kappa shape index (κ3) is 5.29. The lowest BCUT2D eigenvalue weighted by Gasteiger charge is -2.29. The van der Waals surface area contributed by atoms with Gasteiger partial charge in [-0.3, -0.25) is 9.88 Å². The summed E-state index contributed by atoms with van der Waals surface area (Å²) < 4.78 is 10.6. The van der Waals surface area contributed by atoms with Gasteiger partial charge in [-0.25, -0.2) is 9.59 Å². The van der Waals surface area contributed by atoms with E-state index < -0.39 is 11.6 Å². The van der Waals surface area contributed by atoms with Gasteiger partial charge in [0.1, 0.15) is 5.60 Å². The van der Waals surface area contributed by atoms with Gasteiger partial charge >= 0.3 is 12.1 Å². The zero-order chi connectivity index (χ0) is 25.2. The first kappa shape index (κ1) is 24.3. The van der Waals surface area contributed by atoms with Crippen molar-refractivity contribution in [1.82, 2.24) is 9.88 Å². The maximum absolute atomic E-state index is 13.2. The van der Waals surface area contributed by atoms with Crippen molar-refractivity contribution < 1.29 is 19.1 Å². The van der Waals surface area contributed by atoms with Crippen molar-refractivity contribution in [2.75, 3.05) is 19.0 Å².